The van der Waals surface area contributed by atoms with Gasteiger partial charge >= 0.3 is 6.18 Å². The molecule has 0 bridgehead atoms. The lowest BCUT2D eigenvalue weighted by atomic mass is 9.75. The molecule has 1 saturated carbocycles. The van der Waals surface area contributed by atoms with Crippen molar-refractivity contribution in [3.63, 3.8) is 0 Å². The van der Waals surface area contributed by atoms with Crippen molar-refractivity contribution in [2.75, 3.05) is 7.05 Å². The van der Waals surface area contributed by atoms with E-state index in [1.165, 1.54) is 12.1 Å². The number of alkyl halides is 3. The van der Waals surface area contributed by atoms with Crippen LogP contribution >= 0.6 is 0 Å². The second-order valence-electron chi connectivity index (χ2n) is 4.28. The van der Waals surface area contributed by atoms with Gasteiger partial charge in [0.1, 0.15) is 0 Å². The molecular weight excluding hydrogens is 215 g/mol. The van der Waals surface area contributed by atoms with Crippen LogP contribution in [0.3, 0.4) is 0 Å². The zero-order valence-electron chi connectivity index (χ0n) is 9.01. The molecule has 4 heteroatoms. The van der Waals surface area contributed by atoms with Crippen LogP contribution in [0.1, 0.15) is 29.9 Å². The summed E-state index contributed by atoms with van der Waals surface area (Å²) in [5, 5.41) is 3.12. The standard InChI is InChI=1S/C12H14F3N/c1-16-11-6-9(7-11)8-3-2-4-10(5-8)12(13,14)15/h2-5,9,11,16H,6-7H2,1H3. The molecule has 0 saturated heterocycles. The third-order valence-corrected chi connectivity index (χ3v) is 3.23. The smallest absolute Gasteiger partial charge is 0.317 e. The van der Waals surface area contributed by atoms with Crippen LogP contribution in [0.2, 0.25) is 0 Å². The number of hydrogen-bond donors (Lipinski definition) is 1. The van der Waals surface area contributed by atoms with E-state index in [0.717, 1.165) is 24.5 Å². The minimum Gasteiger partial charge on any atom is -0.317 e. The molecule has 0 radical (unpaired) electrons. The van der Waals surface area contributed by atoms with Crippen molar-refractivity contribution in [3.8, 4) is 0 Å². The van der Waals surface area contributed by atoms with E-state index in [9.17, 15) is 13.2 Å². The molecule has 0 spiro atoms. The summed E-state index contributed by atoms with van der Waals surface area (Å²) < 4.78 is 37.5. The SMILES string of the molecule is CNC1CC(c2cccc(C(F)(F)F)c2)C1. The monoisotopic (exact) mass is 229 g/mol. The van der Waals surface area contributed by atoms with Crippen molar-refractivity contribution in [1.82, 2.24) is 5.32 Å². The highest BCUT2D eigenvalue weighted by Crippen LogP contribution is 2.38. The maximum Gasteiger partial charge on any atom is 0.416 e. The minimum atomic E-state index is -4.23. The van der Waals surface area contributed by atoms with Crippen molar-refractivity contribution >= 4 is 0 Å². The summed E-state index contributed by atoms with van der Waals surface area (Å²) in [5.41, 5.74) is 0.263. The van der Waals surface area contributed by atoms with Crippen molar-refractivity contribution in [3.05, 3.63) is 35.4 Å². The first-order valence-electron chi connectivity index (χ1n) is 5.35. The fraction of sp³-hybridized carbons (Fsp3) is 0.500. The molecule has 0 amide bonds. The van der Waals surface area contributed by atoms with E-state index < -0.39 is 11.7 Å². The van der Waals surface area contributed by atoms with E-state index in [1.807, 2.05) is 7.05 Å². The normalized spacial score (nSPS) is 25.2. The van der Waals surface area contributed by atoms with Crippen LogP contribution in [0.4, 0.5) is 13.2 Å². The third-order valence-electron chi connectivity index (χ3n) is 3.23. The van der Waals surface area contributed by atoms with Crippen LogP contribution in [0, 0.1) is 0 Å². The maximum absolute atomic E-state index is 12.5. The Morgan fingerprint density at radius 3 is 2.50 bits per heavy atom. The molecule has 0 unspecified atom stereocenters. The van der Waals surface area contributed by atoms with Gasteiger partial charge in [-0.05, 0) is 37.4 Å². The van der Waals surface area contributed by atoms with Gasteiger partial charge in [-0.2, -0.15) is 13.2 Å². The van der Waals surface area contributed by atoms with Crippen molar-refractivity contribution in [2.45, 2.75) is 31.0 Å². The topological polar surface area (TPSA) is 12.0 Å². The Morgan fingerprint density at radius 1 is 1.25 bits per heavy atom. The summed E-state index contributed by atoms with van der Waals surface area (Å²) in [4.78, 5) is 0. The lowest BCUT2D eigenvalue weighted by molar-refractivity contribution is -0.137. The van der Waals surface area contributed by atoms with Gasteiger partial charge in [-0.25, -0.2) is 0 Å². The van der Waals surface area contributed by atoms with Crippen LogP contribution in [-0.2, 0) is 6.18 Å². The molecule has 1 aliphatic carbocycles. The van der Waals surface area contributed by atoms with Crippen LogP contribution in [-0.4, -0.2) is 13.1 Å². The number of hydrogen-bond acceptors (Lipinski definition) is 1. The summed E-state index contributed by atoms with van der Waals surface area (Å²) in [6, 6.07) is 6.13. The quantitative estimate of drug-likeness (QED) is 0.821. The van der Waals surface area contributed by atoms with Gasteiger partial charge in [0.05, 0.1) is 5.56 Å². The van der Waals surface area contributed by atoms with Crippen LogP contribution < -0.4 is 5.32 Å². The van der Waals surface area contributed by atoms with E-state index in [1.54, 1.807) is 6.07 Å². The fourth-order valence-electron chi connectivity index (χ4n) is 2.09. The fourth-order valence-corrected chi connectivity index (χ4v) is 2.09. The Balaban J connectivity index is 2.12. The van der Waals surface area contributed by atoms with Gasteiger partial charge in [0.25, 0.3) is 0 Å². The van der Waals surface area contributed by atoms with E-state index in [4.69, 9.17) is 0 Å². The molecule has 1 aromatic rings. The molecule has 2 rings (SSSR count). The Bertz CT molecular complexity index is 367. The van der Waals surface area contributed by atoms with Crippen LogP contribution in [0.15, 0.2) is 24.3 Å². The molecular formula is C12H14F3N. The van der Waals surface area contributed by atoms with Gasteiger partial charge in [-0.15, -0.1) is 0 Å². The zero-order chi connectivity index (χ0) is 11.8. The number of nitrogens with one attached hydrogen (secondary N) is 1. The van der Waals surface area contributed by atoms with E-state index >= 15 is 0 Å². The highest BCUT2D eigenvalue weighted by molar-refractivity contribution is 5.30. The first kappa shape index (κ1) is 11.5. The summed E-state index contributed by atoms with van der Waals surface area (Å²) in [6.45, 7) is 0. The maximum atomic E-state index is 12.5. The molecule has 1 aliphatic rings. The lowest BCUT2D eigenvalue weighted by Crippen LogP contribution is -2.37. The highest BCUT2D eigenvalue weighted by Gasteiger charge is 2.33. The lowest BCUT2D eigenvalue weighted by Gasteiger charge is -2.35. The zero-order valence-corrected chi connectivity index (χ0v) is 9.01. The molecule has 1 nitrogen and oxygen atoms in total. The van der Waals surface area contributed by atoms with Crippen molar-refractivity contribution in [2.24, 2.45) is 0 Å². The average molecular weight is 229 g/mol. The summed E-state index contributed by atoms with van der Waals surface area (Å²) in [5.74, 6) is 0.278. The van der Waals surface area contributed by atoms with Gasteiger partial charge in [0.2, 0.25) is 0 Å². The first-order valence-corrected chi connectivity index (χ1v) is 5.35. The van der Waals surface area contributed by atoms with Crippen LogP contribution in [0.5, 0.6) is 0 Å². The summed E-state index contributed by atoms with van der Waals surface area (Å²) in [7, 11) is 1.88. The molecule has 1 aromatic carbocycles. The van der Waals surface area contributed by atoms with E-state index in [-0.39, 0.29) is 5.92 Å². The van der Waals surface area contributed by atoms with Crippen molar-refractivity contribution in [1.29, 1.82) is 0 Å². The largest absolute Gasteiger partial charge is 0.416 e. The first-order chi connectivity index (χ1) is 7.50. The van der Waals surface area contributed by atoms with Crippen LogP contribution in [0.25, 0.3) is 0 Å². The van der Waals surface area contributed by atoms with E-state index in [2.05, 4.69) is 5.32 Å². The molecule has 16 heavy (non-hydrogen) atoms. The van der Waals surface area contributed by atoms with Gasteiger partial charge in [0.15, 0.2) is 0 Å². The molecule has 0 heterocycles. The minimum absolute atomic E-state index is 0.278. The number of halogens is 3. The Hall–Kier alpha value is -1.03. The van der Waals surface area contributed by atoms with Gasteiger partial charge < -0.3 is 5.32 Å². The molecule has 1 fully saturated rings. The number of benzene rings is 1. The average Bonchev–Trinajstić information content (AvgIpc) is 2.15. The summed E-state index contributed by atoms with van der Waals surface area (Å²) in [6.07, 6.45) is -2.38. The van der Waals surface area contributed by atoms with Gasteiger partial charge in [-0.3, -0.25) is 0 Å². The van der Waals surface area contributed by atoms with Gasteiger partial charge in [0, 0.05) is 6.04 Å². The molecule has 88 valence electrons. The Morgan fingerprint density at radius 2 is 1.94 bits per heavy atom. The Kier molecular flexibility index (Phi) is 2.93. The molecule has 0 aromatic heterocycles. The highest BCUT2D eigenvalue weighted by atomic mass is 19.4. The summed E-state index contributed by atoms with van der Waals surface area (Å²) >= 11 is 0. The predicted octanol–water partition coefficient (Wildman–Crippen LogP) is 3.17. The van der Waals surface area contributed by atoms with Gasteiger partial charge in [-0.1, -0.05) is 18.2 Å². The molecule has 0 aliphatic heterocycles. The predicted molar refractivity (Wildman–Crippen MR) is 56.3 cm³/mol. The molecule has 1 N–H and O–H groups in total. The third kappa shape index (κ3) is 2.21. The van der Waals surface area contributed by atoms with Crippen molar-refractivity contribution < 1.29 is 13.2 Å². The number of rotatable bonds is 2. The second kappa shape index (κ2) is 4.09. The van der Waals surface area contributed by atoms with E-state index in [0.29, 0.717) is 6.04 Å². The Labute approximate surface area is 92.7 Å². The molecule has 0 atom stereocenters. The second-order valence-corrected chi connectivity index (χ2v) is 4.28.